The highest BCUT2D eigenvalue weighted by Crippen LogP contribution is 2.21. The summed E-state index contributed by atoms with van der Waals surface area (Å²) >= 11 is 0. The van der Waals surface area contributed by atoms with E-state index >= 15 is 0 Å². The van der Waals surface area contributed by atoms with Crippen LogP contribution >= 0.6 is 0 Å². The zero-order valence-corrected chi connectivity index (χ0v) is 11.8. The third-order valence-electron chi connectivity index (χ3n) is 3.08. The first-order valence-electron chi connectivity index (χ1n) is 6.50. The summed E-state index contributed by atoms with van der Waals surface area (Å²) in [6, 6.07) is 1.75. The molecule has 0 saturated carbocycles. The molecular weight excluding hydrogens is 246 g/mol. The van der Waals surface area contributed by atoms with Crippen LogP contribution in [0.25, 0.3) is 0 Å². The van der Waals surface area contributed by atoms with Gasteiger partial charge in [0.25, 0.3) is 0 Å². The van der Waals surface area contributed by atoms with Crippen LogP contribution in [0.2, 0.25) is 0 Å². The monoisotopic (exact) mass is 269 g/mol. The van der Waals surface area contributed by atoms with Gasteiger partial charge in [0.15, 0.2) is 0 Å². The van der Waals surface area contributed by atoms with E-state index in [1.807, 2.05) is 0 Å². The van der Waals surface area contributed by atoms with Crippen molar-refractivity contribution in [2.75, 3.05) is 13.2 Å². The molecule has 1 aromatic heterocycles. The van der Waals surface area contributed by atoms with E-state index in [9.17, 15) is 4.79 Å². The fraction of sp³-hybridized carbons (Fsp3) is 0.643. The van der Waals surface area contributed by atoms with Crippen LogP contribution in [0.4, 0.5) is 0 Å². The fourth-order valence-electron chi connectivity index (χ4n) is 2.02. The second-order valence-electron chi connectivity index (χ2n) is 5.62. The molecule has 0 spiro atoms. The number of carboxylic acid groups (broad SMARTS) is 1. The van der Waals surface area contributed by atoms with Crippen molar-refractivity contribution in [1.29, 1.82) is 0 Å². The quantitative estimate of drug-likeness (QED) is 0.673. The van der Waals surface area contributed by atoms with Crippen LogP contribution in [0.3, 0.4) is 0 Å². The first-order chi connectivity index (χ1) is 8.85. The highest BCUT2D eigenvalue weighted by atomic mass is 16.4. The third-order valence-corrected chi connectivity index (χ3v) is 3.08. The molecule has 0 bridgehead atoms. The topological polar surface area (TPSA) is 82.7 Å². The molecule has 5 nitrogen and oxygen atoms in total. The Hall–Kier alpha value is -1.33. The number of furan rings is 1. The number of carbonyl (C=O) groups is 1. The summed E-state index contributed by atoms with van der Waals surface area (Å²) in [5.74, 6) is -0.392. The van der Waals surface area contributed by atoms with E-state index in [1.54, 1.807) is 13.0 Å². The van der Waals surface area contributed by atoms with Gasteiger partial charge in [-0.05, 0) is 31.2 Å². The number of aryl methyl sites for hydroxylation is 1. The first-order valence-corrected chi connectivity index (χ1v) is 6.50. The Morgan fingerprint density at radius 2 is 2.16 bits per heavy atom. The second kappa shape index (κ2) is 6.73. The Kier molecular flexibility index (Phi) is 5.57. The Morgan fingerprint density at radius 3 is 2.68 bits per heavy atom. The van der Waals surface area contributed by atoms with Crippen LogP contribution in [0.5, 0.6) is 0 Å². The standard InChI is InChI=1S/C14H23NO4/c1-10-7-11(19-12(10)13(17)18)8-15-9-14(2,3)5-4-6-16/h7,15-16H,4-6,8-9H2,1-3H3,(H,17,18). The van der Waals surface area contributed by atoms with Gasteiger partial charge in [-0.15, -0.1) is 0 Å². The number of carboxylic acids is 1. The largest absolute Gasteiger partial charge is 0.475 e. The summed E-state index contributed by atoms with van der Waals surface area (Å²) < 4.78 is 5.27. The zero-order chi connectivity index (χ0) is 14.5. The van der Waals surface area contributed by atoms with Gasteiger partial charge in [0.2, 0.25) is 5.76 Å². The lowest BCUT2D eigenvalue weighted by Crippen LogP contribution is -2.29. The lowest BCUT2D eigenvalue weighted by molar-refractivity contribution is 0.0659. The molecule has 108 valence electrons. The molecule has 3 N–H and O–H groups in total. The van der Waals surface area contributed by atoms with Gasteiger partial charge in [0.05, 0.1) is 6.54 Å². The van der Waals surface area contributed by atoms with E-state index < -0.39 is 5.97 Å². The van der Waals surface area contributed by atoms with Crippen LogP contribution in [-0.4, -0.2) is 29.3 Å². The second-order valence-corrected chi connectivity index (χ2v) is 5.62. The molecule has 0 amide bonds. The van der Waals surface area contributed by atoms with E-state index in [1.165, 1.54) is 0 Å². The summed E-state index contributed by atoms with van der Waals surface area (Å²) in [7, 11) is 0. The number of nitrogens with one attached hydrogen (secondary N) is 1. The summed E-state index contributed by atoms with van der Waals surface area (Å²) in [6.07, 6.45) is 1.73. The van der Waals surface area contributed by atoms with Gasteiger partial charge in [-0.3, -0.25) is 0 Å². The maximum atomic E-state index is 10.8. The summed E-state index contributed by atoms with van der Waals surface area (Å²) in [6.45, 7) is 7.49. The van der Waals surface area contributed by atoms with E-state index in [0.717, 1.165) is 19.4 Å². The average Bonchev–Trinajstić information content (AvgIpc) is 2.68. The summed E-state index contributed by atoms with van der Waals surface area (Å²) in [5.41, 5.74) is 0.740. The molecule has 0 fully saturated rings. The van der Waals surface area contributed by atoms with E-state index in [-0.39, 0.29) is 17.8 Å². The van der Waals surface area contributed by atoms with Gasteiger partial charge in [0, 0.05) is 18.7 Å². The van der Waals surface area contributed by atoms with Crippen LogP contribution in [-0.2, 0) is 6.54 Å². The lowest BCUT2D eigenvalue weighted by Gasteiger charge is -2.24. The van der Waals surface area contributed by atoms with Crippen molar-refractivity contribution in [3.05, 3.63) is 23.2 Å². The van der Waals surface area contributed by atoms with Crippen molar-refractivity contribution in [3.8, 4) is 0 Å². The van der Waals surface area contributed by atoms with Crippen molar-refractivity contribution in [2.45, 2.75) is 40.2 Å². The normalized spacial score (nSPS) is 11.8. The SMILES string of the molecule is Cc1cc(CNCC(C)(C)CCCO)oc1C(=O)O. The van der Waals surface area contributed by atoms with Crippen LogP contribution in [0.1, 0.15) is 48.6 Å². The highest BCUT2D eigenvalue weighted by molar-refractivity contribution is 5.86. The van der Waals surface area contributed by atoms with Crippen LogP contribution in [0.15, 0.2) is 10.5 Å². The molecular formula is C14H23NO4. The molecule has 0 aliphatic carbocycles. The number of rotatable bonds is 8. The minimum atomic E-state index is -1.04. The molecule has 0 aliphatic heterocycles. The van der Waals surface area contributed by atoms with Crippen LogP contribution in [0, 0.1) is 12.3 Å². The third kappa shape index (κ3) is 5.04. The van der Waals surface area contributed by atoms with Crippen molar-refractivity contribution in [3.63, 3.8) is 0 Å². The van der Waals surface area contributed by atoms with Crippen LogP contribution < -0.4 is 5.32 Å². The first kappa shape index (κ1) is 15.7. The average molecular weight is 269 g/mol. The molecule has 5 heteroatoms. The van der Waals surface area contributed by atoms with Gasteiger partial charge in [-0.1, -0.05) is 13.8 Å². The number of aromatic carboxylic acids is 1. The number of aliphatic hydroxyl groups excluding tert-OH is 1. The van der Waals surface area contributed by atoms with Crippen molar-refractivity contribution >= 4 is 5.97 Å². The number of hydrogen-bond donors (Lipinski definition) is 3. The predicted molar refractivity (Wildman–Crippen MR) is 72.2 cm³/mol. The smallest absolute Gasteiger partial charge is 0.372 e. The molecule has 0 aromatic carbocycles. The van der Waals surface area contributed by atoms with Gasteiger partial charge in [-0.2, -0.15) is 0 Å². The highest BCUT2D eigenvalue weighted by Gasteiger charge is 2.18. The Balaban J connectivity index is 2.45. The van der Waals surface area contributed by atoms with Gasteiger partial charge >= 0.3 is 5.97 Å². The maximum absolute atomic E-state index is 10.8. The number of aliphatic hydroxyl groups is 1. The van der Waals surface area contributed by atoms with Gasteiger partial charge < -0.3 is 19.9 Å². The molecule has 0 atom stereocenters. The Bertz CT molecular complexity index is 423. The van der Waals surface area contributed by atoms with Crippen molar-refractivity contribution in [1.82, 2.24) is 5.32 Å². The number of hydrogen-bond acceptors (Lipinski definition) is 4. The molecule has 0 radical (unpaired) electrons. The molecule has 19 heavy (non-hydrogen) atoms. The van der Waals surface area contributed by atoms with Gasteiger partial charge in [-0.25, -0.2) is 4.79 Å². The molecule has 0 aliphatic rings. The maximum Gasteiger partial charge on any atom is 0.372 e. The molecule has 1 aromatic rings. The van der Waals surface area contributed by atoms with E-state index in [0.29, 0.717) is 17.9 Å². The van der Waals surface area contributed by atoms with Gasteiger partial charge in [0.1, 0.15) is 5.76 Å². The zero-order valence-electron chi connectivity index (χ0n) is 11.8. The van der Waals surface area contributed by atoms with E-state index in [2.05, 4.69) is 19.2 Å². The van der Waals surface area contributed by atoms with Crippen molar-refractivity contribution in [2.24, 2.45) is 5.41 Å². The molecule has 0 saturated heterocycles. The summed E-state index contributed by atoms with van der Waals surface area (Å²) in [5, 5.41) is 21.0. The Morgan fingerprint density at radius 1 is 1.47 bits per heavy atom. The fourth-order valence-corrected chi connectivity index (χ4v) is 2.02. The minimum Gasteiger partial charge on any atom is -0.475 e. The summed E-state index contributed by atoms with van der Waals surface area (Å²) in [4.78, 5) is 10.8. The predicted octanol–water partition coefficient (Wildman–Crippen LogP) is 2.17. The molecule has 1 rings (SSSR count). The minimum absolute atomic E-state index is 0.0105. The Labute approximate surface area is 113 Å². The lowest BCUT2D eigenvalue weighted by atomic mass is 9.88. The van der Waals surface area contributed by atoms with Crippen molar-refractivity contribution < 1.29 is 19.4 Å². The molecule has 1 heterocycles. The van der Waals surface area contributed by atoms with E-state index in [4.69, 9.17) is 14.6 Å². The molecule has 0 unspecified atom stereocenters.